The second-order valence-electron chi connectivity index (χ2n) is 6.23. The lowest BCUT2D eigenvalue weighted by molar-refractivity contribution is 0.0731. The van der Waals surface area contributed by atoms with Gasteiger partial charge < -0.3 is 15.0 Å². The molecule has 9 heteroatoms. The van der Waals surface area contributed by atoms with Gasteiger partial charge in [0.15, 0.2) is 5.96 Å². The molecule has 1 N–H and O–H groups in total. The van der Waals surface area contributed by atoms with Crippen molar-refractivity contribution in [2.75, 3.05) is 58.2 Å². The number of piperidine rings is 1. The number of ether oxygens (including phenoxy) is 1. The standard InChI is InChI=1S/C15H30N4O3S.HI/c1-3-16-15(18-7-4-14(2)5-8-18)17-6-13-23(20,21)19-9-11-22-12-10-19;/h14H,3-13H2,1-2H3,(H,16,17);1H. The second-order valence-corrected chi connectivity index (χ2v) is 8.32. The van der Waals surface area contributed by atoms with E-state index in [9.17, 15) is 8.42 Å². The molecule has 2 aliphatic heterocycles. The lowest BCUT2D eigenvalue weighted by Gasteiger charge is -2.33. The summed E-state index contributed by atoms with van der Waals surface area (Å²) in [5.74, 6) is 1.67. The van der Waals surface area contributed by atoms with Crippen LogP contribution in [0.15, 0.2) is 4.99 Å². The van der Waals surface area contributed by atoms with Crippen molar-refractivity contribution in [1.82, 2.24) is 14.5 Å². The van der Waals surface area contributed by atoms with Gasteiger partial charge in [-0.1, -0.05) is 6.92 Å². The maximum atomic E-state index is 12.3. The first-order valence-corrected chi connectivity index (χ1v) is 10.2. The summed E-state index contributed by atoms with van der Waals surface area (Å²) >= 11 is 0. The minimum absolute atomic E-state index is 0. The summed E-state index contributed by atoms with van der Waals surface area (Å²) in [5.41, 5.74) is 0. The van der Waals surface area contributed by atoms with Gasteiger partial charge in [-0.2, -0.15) is 4.31 Å². The summed E-state index contributed by atoms with van der Waals surface area (Å²) in [5, 5.41) is 3.28. The van der Waals surface area contributed by atoms with E-state index in [1.807, 2.05) is 6.92 Å². The maximum Gasteiger partial charge on any atom is 0.216 e. The summed E-state index contributed by atoms with van der Waals surface area (Å²) in [6.07, 6.45) is 2.33. The van der Waals surface area contributed by atoms with E-state index in [0.717, 1.165) is 44.4 Å². The van der Waals surface area contributed by atoms with E-state index in [1.54, 1.807) is 0 Å². The van der Waals surface area contributed by atoms with Crippen molar-refractivity contribution >= 4 is 40.0 Å². The van der Waals surface area contributed by atoms with E-state index in [-0.39, 0.29) is 29.7 Å². The molecule has 2 rings (SSSR count). The highest BCUT2D eigenvalue weighted by Gasteiger charge is 2.24. The number of nitrogens with zero attached hydrogens (tertiary/aromatic N) is 3. The lowest BCUT2D eigenvalue weighted by atomic mass is 10.00. The molecule has 0 atom stereocenters. The molecular weight excluding hydrogens is 443 g/mol. The van der Waals surface area contributed by atoms with Crippen LogP contribution in [0.3, 0.4) is 0 Å². The lowest BCUT2D eigenvalue weighted by Crippen LogP contribution is -2.46. The Kier molecular flexibility index (Phi) is 9.83. The number of morpholine rings is 1. The normalized spacial score (nSPS) is 21.4. The smallest absolute Gasteiger partial charge is 0.216 e. The van der Waals surface area contributed by atoms with Gasteiger partial charge in [-0.3, -0.25) is 4.99 Å². The van der Waals surface area contributed by atoms with Gasteiger partial charge in [0.25, 0.3) is 0 Å². The van der Waals surface area contributed by atoms with E-state index in [1.165, 1.54) is 4.31 Å². The van der Waals surface area contributed by atoms with Gasteiger partial charge in [-0.15, -0.1) is 24.0 Å². The molecule has 0 aromatic heterocycles. The fraction of sp³-hybridized carbons (Fsp3) is 0.933. The molecule has 0 aliphatic carbocycles. The minimum atomic E-state index is -3.23. The Bertz CT molecular complexity index is 487. The molecule has 0 amide bonds. The Hall–Kier alpha value is -0.130. The van der Waals surface area contributed by atoms with E-state index < -0.39 is 10.0 Å². The molecule has 142 valence electrons. The van der Waals surface area contributed by atoms with Gasteiger partial charge in [0.05, 0.1) is 25.5 Å². The Morgan fingerprint density at radius 1 is 1.21 bits per heavy atom. The molecule has 2 heterocycles. The van der Waals surface area contributed by atoms with Crippen LogP contribution in [-0.2, 0) is 14.8 Å². The zero-order valence-electron chi connectivity index (χ0n) is 14.7. The third kappa shape index (κ3) is 6.64. The zero-order chi connectivity index (χ0) is 16.7. The molecule has 0 radical (unpaired) electrons. The monoisotopic (exact) mass is 474 g/mol. The van der Waals surface area contributed by atoms with Crippen molar-refractivity contribution in [3.63, 3.8) is 0 Å². The Morgan fingerprint density at radius 2 is 1.83 bits per heavy atom. The number of hydrogen-bond acceptors (Lipinski definition) is 4. The van der Waals surface area contributed by atoms with Crippen molar-refractivity contribution < 1.29 is 13.2 Å². The van der Waals surface area contributed by atoms with Crippen LogP contribution in [-0.4, -0.2) is 81.8 Å². The van der Waals surface area contributed by atoms with E-state index >= 15 is 0 Å². The van der Waals surface area contributed by atoms with Crippen molar-refractivity contribution in [1.29, 1.82) is 0 Å². The fourth-order valence-corrected chi connectivity index (χ4v) is 4.15. The van der Waals surface area contributed by atoms with Crippen LogP contribution < -0.4 is 5.32 Å². The predicted octanol–water partition coefficient (Wildman–Crippen LogP) is 0.964. The van der Waals surface area contributed by atoms with Crippen LogP contribution >= 0.6 is 24.0 Å². The minimum Gasteiger partial charge on any atom is -0.379 e. The molecular formula is C15H31IN4O3S. The van der Waals surface area contributed by atoms with E-state index in [2.05, 4.69) is 22.1 Å². The van der Waals surface area contributed by atoms with Crippen LogP contribution in [0.4, 0.5) is 0 Å². The molecule has 0 aromatic rings. The number of hydrogen-bond donors (Lipinski definition) is 1. The quantitative estimate of drug-likeness (QED) is 0.365. The van der Waals surface area contributed by atoms with Gasteiger partial charge >= 0.3 is 0 Å². The number of likely N-dealkylation sites (tertiary alicyclic amines) is 1. The molecule has 0 bridgehead atoms. The van der Waals surface area contributed by atoms with Crippen LogP contribution in [0.25, 0.3) is 0 Å². The average Bonchev–Trinajstić information content (AvgIpc) is 2.56. The van der Waals surface area contributed by atoms with Crippen LogP contribution in [0.1, 0.15) is 26.7 Å². The third-order valence-electron chi connectivity index (χ3n) is 4.39. The predicted molar refractivity (Wildman–Crippen MR) is 108 cm³/mol. The highest BCUT2D eigenvalue weighted by molar-refractivity contribution is 14.0. The van der Waals surface area contributed by atoms with E-state index in [4.69, 9.17) is 4.74 Å². The maximum absolute atomic E-state index is 12.3. The summed E-state index contributed by atoms with van der Waals surface area (Å²) in [6, 6.07) is 0. The molecule has 0 unspecified atom stereocenters. The number of aliphatic imine (C=N–C) groups is 1. The van der Waals surface area contributed by atoms with Crippen LogP contribution in [0, 0.1) is 5.92 Å². The molecule has 0 aromatic carbocycles. The van der Waals surface area contributed by atoms with Crippen molar-refractivity contribution in [2.24, 2.45) is 10.9 Å². The Morgan fingerprint density at radius 3 is 2.42 bits per heavy atom. The molecule has 0 spiro atoms. The zero-order valence-corrected chi connectivity index (χ0v) is 17.9. The first kappa shape index (κ1) is 21.9. The van der Waals surface area contributed by atoms with Crippen LogP contribution in [0.5, 0.6) is 0 Å². The first-order chi connectivity index (χ1) is 11.0. The number of nitrogens with one attached hydrogen (secondary N) is 1. The molecule has 2 fully saturated rings. The fourth-order valence-electron chi connectivity index (χ4n) is 2.87. The van der Waals surface area contributed by atoms with Gasteiger partial charge in [-0.25, -0.2) is 8.42 Å². The largest absolute Gasteiger partial charge is 0.379 e. The molecule has 2 saturated heterocycles. The third-order valence-corrected chi connectivity index (χ3v) is 6.24. The number of halogens is 1. The van der Waals surface area contributed by atoms with Gasteiger partial charge in [0.2, 0.25) is 10.0 Å². The van der Waals surface area contributed by atoms with Crippen molar-refractivity contribution in [2.45, 2.75) is 26.7 Å². The number of rotatable bonds is 5. The molecule has 24 heavy (non-hydrogen) atoms. The summed E-state index contributed by atoms with van der Waals surface area (Å²) in [6.45, 7) is 9.25. The molecule has 2 aliphatic rings. The molecule has 7 nitrogen and oxygen atoms in total. The van der Waals surface area contributed by atoms with Gasteiger partial charge in [0.1, 0.15) is 0 Å². The first-order valence-electron chi connectivity index (χ1n) is 8.61. The highest BCUT2D eigenvalue weighted by Crippen LogP contribution is 2.16. The van der Waals surface area contributed by atoms with Crippen molar-refractivity contribution in [3.05, 3.63) is 0 Å². The highest BCUT2D eigenvalue weighted by atomic mass is 127. The van der Waals surface area contributed by atoms with E-state index in [0.29, 0.717) is 32.8 Å². The number of sulfonamides is 1. The summed E-state index contributed by atoms with van der Waals surface area (Å²) < 4.78 is 31.3. The van der Waals surface area contributed by atoms with Gasteiger partial charge in [-0.05, 0) is 25.7 Å². The summed E-state index contributed by atoms with van der Waals surface area (Å²) in [4.78, 5) is 6.78. The average molecular weight is 474 g/mol. The SMILES string of the molecule is CCNC(=NCCS(=O)(=O)N1CCOCC1)N1CCC(C)CC1.I. The number of guanidine groups is 1. The van der Waals surface area contributed by atoms with Crippen molar-refractivity contribution in [3.8, 4) is 0 Å². The Balaban J connectivity index is 0.00000288. The summed E-state index contributed by atoms with van der Waals surface area (Å²) in [7, 11) is -3.23. The Labute approximate surface area is 163 Å². The van der Waals surface area contributed by atoms with Crippen LogP contribution in [0.2, 0.25) is 0 Å². The van der Waals surface area contributed by atoms with Gasteiger partial charge in [0, 0.05) is 32.7 Å². The topological polar surface area (TPSA) is 74.2 Å². The second kappa shape index (κ2) is 10.8. The molecule has 0 saturated carbocycles.